The molecule has 1 heterocycles. The smallest absolute Gasteiger partial charge is 0.139 e. The number of halogens is 1. The van der Waals surface area contributed by atoms with E-state index >= 15 is 0 Å². The molecule has 0 saturated carbocycles. The van der Waals surface area contributed by atoms with Gasteiger partial charge in [-0.3, -0.25) is 0 Å². The lowest BCUT2D eigenvalue weighted by molar-refractivity contribution is 0.776. The zero-order valence-electron chi connectivity index (χ0n) is 11.2. The van der Waals surface area contributed by atoms with Crippen LogP contribution < -0.4 is 11.1 Å². The van der Waals surface area contributed by atoms with Crippen molar-refractivity contribution in [1.82, 2.24) is 9.97 Å². The summed E-state index contributed by atoms with van der Waals surface area (Å²) < 4.78 is 1.14. The molecule has 0 fully saturated rings. The molecular formula is C14H17IN4. The van der Waals surface area contributed by atoms with E-state index in [2.05, 4.69) is 51.7 Å². The second-order valence-corrected chi connectivity index (χ2v) is 5.86. The Kier molecular flexibility index (Phi) is 4.24. The number of nitrogens with zero attached hydrogens (tertiary/aromatic N) is 2. The van der Waals surface area contributed by atoms with Crippen molar-refractivity contribution in [2.45, 2.75) is 26.7 Å². The van der Waals surface area contributed by atoms with Crippen molar-refractivity contribution in [1.29, 1.82) is 0 Å². The quantitative estimate of drug-likeness (QED) is 0.809. The van der Waals surface area contributed by atoms with Crippen molar-refractivity contribution < 1.29 is 0 Å². The lowest BCUT2D eigenvalue weighted by Crippen LogP contribution is -2.08. The van der Waals surface area contributed by atoms with Gasteiger partial charge in [-0.15, -0.1) is 0 Å². The molecule has 3 N–H and O–H groups in total. The first-order valence-electron chi connectivity index (χ1n) is 6.14. The lowest BCUT2D eigenvalue weighted by atomic mass is 10.2. The van der Waals surface area contributed by atoms with E-state index in [1.54, 1.807) is 0 Å². The molecule has 1 aromatic carbocycles. The van der Waals surface area contributed by atoms with Crippen molar-refractivity contribution in [2.75, 3.05) is 11.1 Å². The standard InChI is InChI=1S/C14H17IN4/c1-8(2)13-18-12(16)9(3)14(19-13)17-11-7-5-4-6-10(11)15/h4-8H,1-3H3,(H3,16,17,18,19). The number of rotatable bonds is 3. The van der Waals surface area contributed by atoms with E-state index in [1.807, 2.05) is 31.2 Å². The summed E-state index contributed by atoms with van der Waals surface area (Å²) in [5.41, 5.74) is 7.86. The van der Waals surface area contributed by atoms with E-state index in [0.717, 1.165) is 26.5 Å². The predicted octanol–water partition coefficient (Wildman–Crippen LogP) is 3.84. The van der Waals surface area contributed by atoms with Crippen molar-refractivity contribution in [2.24, 2.45) is 0 Å². The molecule has 19 heavy (non-hydrogen) atoms. The summed E-state index contributed by atoms with van der Waals surface area (Å²) in [6.07, 6.45) is 0. The fourth-order valence-electron chi connectivity index (χ4n) is 1.62. The van der Waals surface area contributed by atoms with Gasteiger partial charge in [0.25, 0.3) is 0 Å². The van der Waals surface area contributed by atoms with Crippen LogP contribution in [0.1, 0.15) is 31.2 Å². The molecule has 1 aromatic heterocycles. The minimum Gasteiger partial charge on any atom is -0.383 e. The summed E-state index contributed by atoms with van der Waals surface area (Å²) in [5.74, 6) is 2.32. The average molecular weight is 368 g/mol. The molecule has 4 nitrogen and oxygen atoms in total. The van der Waals surface area contributed by atoms with Crippen LogP contribution in [0, 0.1) is 10.5 Å². The van der Waals surface area contributed by atoms with Gasteiger partial charge >= 0.3 is 0 Å². The van der Waals surface area contributed by atoms with Crippen LogP contribution in [0.4, 0.5) is 17.3 Å². The summed E-state index contributed by atoms with van der Waals surface area (Å²) in [4.78, 5) is 8.89. The van der Waals surface area contributed by atoms with Gasteiger partial charge in [0, 0.05) is 15.1 Å². The summed E-state index contributed by atoms with van der Waals surface area (Å²) in [7, 11) is 0. The third-order valence-electron chi connectivity index (χ3n) is 2.84. The minimum atomic E-state index is 0.248. The zero-order chi connectivity index (χ0) is 14.0. The predicted molar refractivity (Wildman–Crippen MR) is 87.7 cm³/mol. The molecule has 0 radical (unpaired) electrons. The molecule has 0 aliphatic heterocycles. The summed E-state index contributed by atoms with van der Waals surface area (Å²) in [6, 6.07) is 8.07. The third-order valence-corrected chi connectivity index (χ3v) is 3.78. The van der Waals surface area contributed by atoms with Gasteiger partial charge in [-0.1, -0.05) is 26.0 Å². The van der Waals surface area contributed by atoms with Crippen LogP contribution >= 0.6 is 22.6 Å². The number of benzene rings is 1. The Morgan fingerprint density at radius 3 is 2.53 bits per heavy atom. The van der Waals surface area contributed by atoms with E-state index in [1.165, 1.54) is 0 Å². The molecule has 2 rings (SSSR count). The van der Waals surface area contributed by atoms with Gasteiger partial charge in [-0.05, 0) is 41.6 Å². The van der Waals surface area contributed by atoms with Crippen LogP contribution in [-0.2, 0) is 0 Å². The fraction of sp³-hybridized carbons (Fsp3) is 0.286. The van der Waals surface area contributed by atoms with Crippen molar-refractivity contribution >= 4 is 39.9 Å². The van der Waals surface area contributed by atoms with Gasteiger partial charge in [0.05, 0.1) is 5.69 Å². The number of anilines is 3. The summed E-state index contributed by atoms with van der Waals surface area (Å²) in [6.45, 7) is 6.04. The lowest BCUT2D eigenvalue weighted by Gasteiger charge is -2.14. The molecule has 0 saturated heterocycles. The molecule has 2 aromatic rings. The van der Waals surface area contributed by atoms with E-state index in [9.17, 15) is 0 Å². The summed E-state index contributed by atoms with van der Waals surface area (Å²) in [5, 5.41) is 3.34. The molecular weight excluding hydrogens is 351 g/mol. The maximum absolute atomic E-state index is 5.96. The first-order valence-corrected chi connectivity index (χ1v) is 7.22. The molecule has 0 unspecified atom stereocenters. The van der Waals surface area contributed by atoms with E-state index < -0.39 is 0 Å². The first kappa shape index (κ1) is 14.0. The number of hydrogen-bond acceptors (Lipinski definition) is 4. The molecule has 5 heteroatoms. The van der Waals surface area contributed by atoms with E-state index in [4.69, 9.17) is 5.73 Å². The average Bonchev–Trinajstić information content (AvgIpc) is 2.37. The van der Waals surface area contributed by atoms with Crippen LogP contribution in [0.15, 0.2) is 24.3 Å². The second kappa shape index (κ2) is 5.73. The van der Waals surface area contributed by atoms with Crippen molar-refractivity contribution in [3.8, 4) is 0 Å². The molecule has 0 atom stereocenters. The number of nitrogens with two attached hydrogens (primary N) is 1. The molecule has 0 aliphatic rings. The van der Waals surface area contributed by atoms with Gasteiger partial charge < -0.3 is 11.1 Å². The van der Waals surface area contributed by atoms with Gasteiger partial charge in [-0.2, -0.15) is 0 Å². The van der Waals surface area contributed by atoms with Crippen LogP contribution in [0.2, 0.25) is 0 Å². The normalized spacial score (nSPS) is 10.8. The van der Waals surface area contributed by atoms with Crippen LogP contribution in [-0.4, -0.2) is 9.97 Å². The maximum atomic E-state index is 5.96. The van der Waals surface area contributed by atoms with Crippen LogP contribution in [0.5, 0.6) is 0 Å². The van der Waals surface area contributed by atoms with Gasteiger partial charge in [0.15, 0.2) is 0 Å². The highest BCUT2D eigenvalue weighted by Gasteiger charge is 2.12. The molecule has 100 valence electrons. The number of para-hydroxylation sites is 1. The highest BCUT2D eigenvalue weighted by molar-refractivity contribution is 14.1. The van der Waals surface area contributed by atoms with Crippen molar-refractivity contribution in [3.63, 3.8) is 0 Å². The first-order chi connectivity index (χ1) is 8.99. The maximum Gasteiger partial charge on any atom is 0.139 e. The highest BCUT2D eigenvalue weighted by Crippen LogP contribution is 2.26. The SMILES string of the molecule is Cc1c(N)nc(C(C)C)nc1Nc1ccccc1I. The number of nitrogens with one attached hydrogen (secondary N) is 1. The van der Waals surface area contributed by atoms with Crippen molar-refractivity contribution in [3.05, 3.63) is 39.2 Å². The fourth-order valence-corrected chi connectivity index (χ4v) is 2.14. The topological polar surface area (TPSA) is 63.8 Å². The van der Waals surface area contributed by atoms with E-state index in [-0.39, 0.29) is 5.92 Å². The Morgan fingerprint density at radius 1 is 1.21 bits per heavy atom. The summed E-state index contributed by atoms with van der Waals surface area (Å²) >= 11 is 2.29. The minimum absolute atomic E-state index is 0.248. The Balaban J connectivity index is 2.42. The Hall–Kier alpha value is -1.37. The highest BCUT2D eigenvalue weighted by atomic mass is 127. The van der Waals surface area contributed by atoms with E-state index in [0.29, 0.717) is 5.82 Å². The van der Waals surface area contributed by atoms with Gasteiger partial charge in [0.1, 0.15) is 17.5 Å². The number of aromatic nitrogens is 2. The Bertz CT molecular complexity index is 596. The molecule has 0 aliphatic carbocycles. The van der Waals surface area contributed by atoms with Crippen LogP contribution in [0.3, 0.4) is 0 Å². The Labute approximate surface area is 127 Å². The number of hydrogen-bond donors (Lipinski definition) is 2. The Morgan fingerprint density at radius 2 is 1.89 bits per heavy atom. The molecule has 0 spiro atoms. The molecule has 0 bridgehead atoms. The van der Waals surface area contributed by atoms with Gasteiger partial charge in [0.2, 0.25) is 0 Å². The number of nitrogen functional groups attached to an aromatic ring is 1. The van der Waals surface area contributed by atoms with Crippen LogP contribution in [0.25, 0.3) is 0 Å². The zero-order valence-corrected chi connectivity index (χ0v) is 13.4. The third kappa shape index (κ3) is 3.15. The van der Waals surface area contributed by atoms with Gasteiger partial charge in [-0.25, -0.2) is 9.97 Å². The molecule has 0 amide bonds. The monoisotopic (exact) mass is 368 g/mol. The largest absolute Gasteiger partial charge is 0.383 e. The second-order valence-electron chi connectivity index (χ2n) is 4.70.